The summed E-state index contributed by atoms with van der Waals surface area (Å²) in [6, 6.07) is 8.36. The zero-order valence-corrected chi connectivity index (χ0v) is 9.14. The molecule has 0 saturated heterocycles. The number of esters is 1. The van der Waals surface area contributed by atoms with E-state index in [2.05, 4.69) is 0 Å². The SMILES string of the molecule is CCOC(=O)[C@@H](N)Cc1ccc(C#N)cc1. The monoisotopic (exact) mass is 218 g/mol. The van der Waals surface area contributed by atoms with Crippen LogP contribution in [0.4, 0.5) is 0 Å². The van der Waals surface area contributed by atoms with Gasteiger partial charge in [0.25, 0.3) is 0 Å². The second-order valence-corrected chi connectivity index (χ2v) is 3.37. The predicted octanol–water partition coefficient (Wildman–Crippen LogP) is 0.991. The largest absolute Gasteiger partial charge is 0.465 e. The zero-order valence-electron chi connectivity index (χ0n) is 9.14. The topological polar surface area (TPSA) is 76.1 Å². The van der Waals surface area contributed by atoms with Crippen molar-refractivity contribution in [1.29, 1.82) is 5.26 Å². The van der Waals surface area contributed by atoms with Crippen LogP contribution in [0.5, 0.6) is 0 Å². The Hall–Kier alpha value is -1.86. The summed E-state index contributed by atoms with van der Waals surface area (Å²) < 4.78 is 4.80. The van der Waals surface area contributed by atoms with Crippen molar-refractivity contribution in [2.75, 3.05) is 6.61 Å². The second-order valence-electron chi connectivity index (χ2n) is 3.37. The molecule has 1 atom stereocenters. The molecule has 0 aliphatic heterocycles. The molecule has 0 radical (unpaired) electrons. The fourth-order valence-corrected chi connectivity index (χ4v) is 1.30. The van der Waals surface area contributed by atoms with Gasteiger partial charge >= 0.3 is 5.97 Å². The Balaban J connectivity index is 2.59. The zero-order chi connectivity index (χ0) is 12.0. The summed E-state index contributed by atoms with van der Waals surface area (Å²) in [7, 11) is 0. The summed E-state index contributed by atoms with van der Waals surface area (Å²) in [4.78, 5) is 11.3. The van der Waals surface area contributed by atoms with E-state index in [0.717, 1.165) is 5.56 Å². The van der Waals surface area contributed by atoms with Gasteiger partial charge in [0.05, 0.1) is 18.2 Å². The smallest absolute Gasteiger partial charge is 0.323 e. The summed E-state index contributed by atoms with van der Waals surface area (Å²) in [6.45, 7) is 2.08. The van der Waals surface area contributed by atoms with Gasteiger partial charge in [-0.2, -0.15) is 5.26 Å². The van der Waals surface area contributed by atoms with E-state index in [9.17, 15) is 4.79 Å². The van der Waals surface area contributed by atoms with E-state index in [1.165, 1.54) is 0 Å². The van der Waals surface area contributed by atoms with Gasteiger partial charge in [0.15, 0.2) is 0 Å². The third-order valence-corrected chi connectivity index (χ3v) is 2.13. The highest BCUT2D eigenvalue weighted by atomic mass is 16.5. The number of carbonyl (C=O) groups is 1. The highest BCUT2D eigenvalue weighted by Gasteiger charge is 2.14. The lowest BCUT2D eigenvalue weighted by atomic mass is 10.1. The van der Waals surface area contributed by atoms with Crippen molar-refractivity contribution in [3.05, 3.63) is 35.4 Å². The van der Waals surface area contributed by atoms with Crippen LogP contribution in [0.1, 0.15) is 18.1 Å². The van der Waals surface area contributed by atoms with Crippen LogP contribution in [0.15, 0.2) is 24.3 Å². The molecule has 0 bridgehead atoms. The fraction of sp³-hybridized carbons (Fsp3) is 0.333. The van der Waals surface area contributed by atoms with Crippen LogP contribution in [-0.4, -0.2) is 18.6 Å². The van der Waals surface area contributed by atoms with Gasteiger partial charge in [-0.05, 0) is 31.0 Å². The normalized spacial score (nSPS) is 11.6. The highest BCUT2D eigenvalue weighted by Crippen LogP contribution is 2.06. The van der Waals surface area contributed by atoms with Crippen molar-refractivity contribution in [1.82, 2.24) is 0 Å². The van der Waals surface area contributed by atoms with Crippen LogP contribution in [0.3, 0.4) is 0 Å². The molecule has 0 aliphatic rings. The molecule has 1 rings (SSSR count). The van der Waals surface area contributed by atoms with Crippen molar-refractivity contribution in [3.8, 4) is 6.07 Å². The number of ether oxygens (including phenoxy) is 1. The van der Waals surface area contributed by atoms with Crippen LogP contribution in [0, 0.1) is 11.3 Å². The van der Waals surface area contributed by atoms with Gasteiger partial charge in [-0.3, -0.25) is 4.79 Å². The molecule has 16 heavy (non-hydrogen) atoms. The summed E-state index contributed by atoms with van der Waals surface area (Å²) in [6.07, 6.45) is 0.421. The maximum absolute atomic E-state index is 11.3. The van der Waals surface area contributed by atoms with Gasteiger partial charge in [-0.15, -0.1) is 0 Å². The van der Waals surface area contributed by atoms with Crippen molar-refractivity contribution in [3.63, 3.8) is 0 Å². The number of rotatable bonds is 4. The predicted molar refractivity (Wildman–Crippen MR) is 59.5 cm³/mol. The Bertz CT molecular complexity index is 392. The van der Waals surface area contributed by atoms with E-state index in [4.69, 9.17) is 15.7 Å². The molecule has 0 saturated carbocycles. The molecule has 0 spiro atoms. The molecule has 1 aromatic carbocycles. The van der Waals surface area contributed by atoms with E-state index < -0.39 is 12.0 Å². The molecular formula is C12H14N2O2. The molecule has 0 heterocycles. The van der Waals surface area contributed by atoms with E-state index in [-0.39, 0.29) is 0 Å². The van der Waals surface area contributed by atoms with Crippen LogP contribution >= 0.6 is 0 Å². The summed E-state index contributed by atoms with van der Waals surface area (Å²) in [5, 5.41) is 8.62. The number of benzene rings is 1. The van der Waals surface area contributed by atoms with Gasteiger partial charge in [0.1, 0.15) is 6.04 Å². The first-order valence-electron chi connectivity index (χ1n) is 5.08. The van der Waals surface area contributed by atoms with Gasteiger partial charge in [0, 0.05) is 0 Å². The van der Waals surface area contributed by atoms with E-state index >= 15 is 0 Å². The van der Waals surface area contributed by atoms with Crippen molar-refractivity contribution in [2.24, 2.45) is 5.73 Å². The van der Waals surface area contributed by atoms with Gasteiger partial charge in [-0.1, -0.05) is 12.1 Å². The summed E-state index contributed by atoms with van der Waals surface area (Å²) in [5.74, 6) is -0.396. The molecule has 84 valence electrons. The standard InChI is InChI=1S/C12H14N2O2/c1-2-16-12(15)11(14)7-9-3-5-10(8-13)6-4-9/h3-6,11H,2,7,14H2,1H3/t11-/m0/s1. The minimum Gasteiger partial charge on any atom is -0.465 e. The summed E-state index contributed by atoms with van der Waals surface area (Å²) >= 11 is 0. The van der Waals surface area contributed by atoms with E-state index in [1.807, 2.05) is 6.07 Å². The van der Waals surface area contributed by atoms with Crippen molar-refractivity contribution < 1.29 is 9.53 Å². The van der Waals surface area contributed by atoms with Crippen molar-refractivity contribution >= 4 is 5.97 Å². The number of nitrogens with zero attached hydrogens (tertiary/aromatic N) is 1. The Labute approximate surface area is 94.6 Å². The van der Waals surface area contributed by atoms with Crippen LogP contribution in [-0.2, 0) is 16.0 Å². The average molecular weight is 218 g/mol. The lowest BCUT2D eigenvalue weighted by molar-refractivity contribution is -0.144. The Kier molecular flexibility index (Phi) is 4.49. The van der Waals surface area contributed by atoms with Gasteiger partial charge < -0.3 is 10.5 Å². The maximum atomic E-state index is 11.3. The van der Waals surface area contributed by atoms with E-state index in [0.29, 0.717) is 18.6 Å². The number of carbonyl (C=O) groups excluding carboxylic acids is 1. The number of hydrogen-bond donors (Lipinski definition) is 1. The number of nitrogens with two attached hydrogens (primary N) is 1. The van der Waals surface area contributed by atoms with Crippen molar-refractivity contribution in [2.45, 2.75) is 19.4 Å². The third-order valence-electron chi connectivity index (χ3n) is 2.13. The van der Waals surface area contributed by atoms with Gasteiger partial charge in [0.2, 0.25) is 0 Å². The third kappa shape index (κ3) is 3.37. The first kappa shape index (κ1) is 12.2. The minimum absolute atomic E-state index is 0.333. The van der Waals surface area contributed by atoms with Crippen LogP contribution in [0.25, 0.3) is 0 Å². The maximum Gasteiger partial charge on any atom is 0.323 e. The van der Waals surface area contributed by atoms with E-state index in [1.54, 1.807) is 31.2 Å². The first-order valence-corrected chi connectivity index (χ1v) is 5.08. The molecule has 0 fully saturated rings. The molecule has 0 aromatic heterocycles. The first-order chi connectivity index (χ1) is 7.67. The molecule has 4 heteroatoms. The Morgan fingerprint density at radius 3 is 2.62 bits per heavy atom. The average Bonchev–Trinajstić information content (AvgIpc) is 2.30. The Morgan fingerprint density at radius 1 is 1.50 bits per heavy atom. The quantitative estimate of drug-likeness (QED) is 0.764. The molecule has 0 unspecified atom stereocenters. The number of nitriles is 1. The molecule has 1 aromatic rings. The molecule has 0 amide bonds. The van der Waals surface area contributed by atoms with Crippen LogP contribution in [0.2, 0.25) is 0 Å². The molecule has 2 N–H and O–H groups in total. The summed E-state index contributed by atoms with van der Waals surface area (Å²) in [5.41, 5.74) is 7.17. The lowest BCUT2D eigenvalue weighted by Crippen LogP contribution is -2.34. The molecule has 0 aliphatic carbocycles. The Morgan fingerprint density at radius 2 is 2.12 bits per heavy atom. The minimum atomic E-state index is -0.645. The van der Waals surface area contributed by atoms with Crippen LogP contribution < -0.4 is 5.73 Å². The fourth-order valence-electron chi connectivity index (χ4n) is 1.30. The highest BCUT2D eigenvalue weighted by molar-refractivity contribution is 5.75. The molecular weight excluding hydrogens is 204 g/mol. The molecule has 4 nitrogen and oxygen atoms in total. The lowest BCUT2D eigenvalue weighted by Gasteiger charge is -2.10. The second kappa shape index (κ2) is 5.89. The van der Waals surface area contributed by atoms with Gasteiger partial charge in [-0.25, -0.2) is 0 Å². The number of hydrogen-bond acceptors (Lipinski definition) is 4.